The third-order valence-electron chi connectivity index (χ3n) is 5.25. The molecule has 0 saturated heterocycles. The van der Waals surface area contributed by atoms with Crippen molar-refractivity contribution in [3.63, 3.8) is 0 Å². The lowest BCUT2D eigenvalue weighted by Crippen LogP contribution is -2.30. The summed E-state index contributed by atoms with van der Waals surface area (Å²) in [6, 6.07) is 26.3. The number of aryl methyl sites for hydroxylation is 1. The number of hydrogen-bond acceptors (Lipinski definition) is 4. The molecule has 0 aliphatic rings. The third-order valence-corrected chi connectivity index (χ3v) is 5.25. The molecule has 3 aromatic carbocycles. The highest BCUT2D eigenvalue weighted by molar-refractivity contribution is 6.11. The summed E-state index contributed by atoms with van der Waals surface area (Å²) in [4.78, 5) is 38.3. The standard InChI is InChI=1S/C30H24N2O4/c1-21-7-5-8-22(19-21)20-27(32-29(34)24-9-3-2-4-10-24)30(35)31-25-14-12-23(13-15-25)28(33)17-16-26-11-6-18-36-26/h2-20H,1H3,(H,31,35)(H,32,34)/b17-16+,27-20-. The first-order valence-electron chi connectivity index (χ1n) is 11.3. The van der Waals surface area contributed by atoms with Gasteiger partial charge < -0.3 is 15.1 Å². The number of allylic oxidation sites excluding steroid dienone is 1. The Morgan fingerprint density at radius 1 is 0.806 bits per heavy atom. The fraction of sp³-hybridized carbons (Fsp3) is 0.0333. The van der Waals surface area contributed by atoms with Crippen LogP contribution in [-0.2, 0) is 4.79 Å². The SMILES string of the molecule is Cc1cccc(/C=C(\NC(=O)c2ccccc2)C(=O)Nc2ccc(C(=O)/C=C/c3ccco3)cc2)c1. The largest absolute Gasteiger partial charge is 0.465 e. The lowest BCUT2D eigenvalue weighted by molar-refractivity contribution is -0.113. The van der Waals surface area contributed by atoms with Gasteiger partial charge in [0.1, 0.15) is 11.5 Å². The molecule has 0 aliphatic carbocycles. The number of carbonyl (C=O) groups is 3. The van der Waals surface area contributed by atoms with Crippen molar-refractivity contribution in [1.82, 2.24) is 5.32 Å². The highest BCUT2D eigenvalue weighted by Crippen LogP contribution is 2.15. The number of ketones is 1. The highest BCUT2D eigenvalue weighted by atomic mass is 16.3. The molecule has 2 N–H and O–H groups in total. The van der Waals surface area contributed by atoms with E-state index in [-0.39, 0.29) is 11.5 Å². The molecule has 36 heavy (non-hydrogen) atoms. The van der Waals surface area contributed by atoms with Crippen LogP contribution in [0.2, 0.25) is 0 Å². The average molecular weight is 477 g/mol. The van der Waals surface area contributed by atoms with Crippen molar-refractivity contribution in [1.29, 1.82) is 0 Å². The Kier molecular flexibility index (Phi) is 7.68. The van der Waals surface area contributed by atoms with Gasteiger partial charge in [-0.1, -0.05) is 48.0 Å². The lowest BCUT2D eigenvalue weighted by atomic mass is 10.1. The van der Waals surface area contributed by atoms with Crippen LogP contribution in [0.4, 0.5) is 5.69 Å². The Balaban J connectivity index is 1.50. The number of rotatable bonds is 8. The molecule has 6 heteroatoms. The topological polar surface area (TPSA) is 88.4 Å². The average Bonchev–Trinajstić information content (AvgIpc) is 3.41. The van der Waals surface area contributed by atoms with E-state index in [1.165, 1.54) is 12.3 Å². The number of anilines is 1. The van der Waals surface area contributed by atoms with Crippen LogP contribution in [0.5, 0.6) is 0 Å². The molecule has 178 valence electrons. The van der Waals surface area contributed by atoms with Crippen molar-refractivity contribution >= 4 is 35.4 Å². The van der Waals surface area contributed by atoms with Gasteiger partial charge >= 0.3 is 0 Å². The predicted octanol–water partition coefficient (Wildman–Crippen LogP) is 5.89. The zero-order chi connectivity index (χ0) is 25.3. The van der Waals surface area contributed by atoms with Gasteiger partial charge in [-0.25, -0.2) is 0 Å². The van der Waals surface area contributed by atoms with E-state index in [1.807, 2.05) is 37.3 Å². The van der Waals surface area contributed by atoms with Crippen molar-refractivity contribution in [3.05, 3.63) is 137 Å². The number of nitrogens with one attached hydrogen (secondary N) is 2. The molecular weight excluding hydrogens is 452 g/mol. The van der Waals surface area contributed by atoms with Gasteiger partial charge in [0, 0.05) is 16.8 Å². The molecule has 4 rings (SSSR count). The first-order valence-corrected chi connectivity index (χ1v) is 11.3. The zero-order valence-corrected chi connectivity index (χ0v) is 19.6. The minimum Gasteiger partial charge on any atom is -0.465 e. The zero-order valence-electron chi connectivity index (χ0n) is 19.6. The lowest BCUT2D eigenvalue weighted by Gasteiger charge is -2.12. The normalized spacial score (nSPS) is 11.3. The number of carbonyl (C=O) groups excluding carboxylic acids is 3. The van der Waals surface area contributed by atoms with Crippen molar-refractivity contribution in [2.45, 2.75) is 6.92 Å². The minimum atomic E-state index is -0.488. The molecule has 6 nitrogen and oxygen atoms in total. The highest BCUT2D eigenvalue weighted by Gasteiger charge is 2.15. The molecule has 1 heterocycles. The Labute approximate surface area is 209 Å². The van der Waals surface area contributed by atoms with Crippen LogP contribution in [0.15, 0.2) is 113 Å². The van der Waals surface area contributed by atoms with Gasteiger partial charge in [-0.2, -0.15) is 0 Å². The maximum absolute atomic E-state index is 13.1. The van der Waals surface area contributed by atoms with E-state index in [4.69, 9.17) is 4.42 Å². The van der Waals surface area contributed by atoms with Crippen molar-refractivity contribution < 1.29 is 18.8 Å². The van der Waals surface area contributed by atoms with Crippen molar-refractivity contribution in [3.8, 4) is 0 Å². The van der Waals surface area contributed by atoms with Crippen molar-refractivity contribution in [2.75, 3.05) is 5.32 Å². The molecule has 2 amide bonds. The summed E-state index contributed by atoms with van der Waals surface area (Å²) in [5, 5.41) is 5.51. The molecule has 0 atom stereocenters. The van der Waals surface area contributed by atoms with Gasteiger partial charge in [-0.05, 0) is 79.2 Å². The van der Waals surface area contributed by atoms with E-state index in [2.05, 4.69) is 10.6 Å². The second-order valence-corrected chi connectivity index (χ2v) is 8.04. The van der Waals surface area contributed by atoms with Gasteiger partial charge in [0.05, 0.1) is 6.26 Å². The minimum absolute atomic E-state index is 0.0935. The fourth-order valence-corrected chi connectivity index (χ4v) is 3.43. The maximum atomic E-state index is 13.1. The van der Waals surface area contributed by atoms with Crippen molar-refractivity contribution in [2.24, 2.45) is 0 Å². The van der Waals surface area contributed by atoms with Gasteiger partial charge in [0.2, 0.25) is 0 Å². The number of furan rings is 1. The monoisotopic (exact) mass is 476 g/mol. The maximum Gasteiger partial charge on any atom is 0.272 e. The van der Waals surface area contributed by atoms with E-state index >= 15 is 0 Å². The molecule has 0 saturated carbocycles. The summed E-state index contributed by atoms with van der Waals surface area (Å²) in [6.45, 7) is 1.95. The van der Waals surface area contributed by atoms with Gasteiger partial charge in [0.15, 0.2) is 5.78 Å². The van der Waals surface area contributed by atoms with E-state index in [1.54, 1.807) is 72.8 Å². The van der Waals surface area contributed by atoms with E-state index < -0.39 is 11.8 Å². The Morgan fingerprint density at radius 3 is 2.28 bits per heavy atom. The number of hydrogen-bond donors (Lipinski definition) is 2. The molecular formula is C30H24N2O4. The second-order valence-electron chi connectivity index (χ2n) is 8.04. The fourth-order valence-electron chi connectivity index (χ4n) is 3.43. The summed E-state index contributed by atoms with van der Waals surface area (Å²) in [5.41, 5.74) is 3.28. The summed E-state index contributed by atoms with van der Waals surface area (Å²) in [6.07, 6.45) is 6.18. The van der Waals surface area contributed by atoms with Crippen LogP contribution >= 0.6 is 0 Å². The summed E-state index contributed by atoms with van der Waals surface area (Å²) in [7, 11) is 0. The Morgan fingerprint density at radius 2 is 1.58 bits per heavy atom. The second kappa shape index (κ2) is 11.4. The quantitative estimate of drug-likeness (QED) is 0.245. The summed E-state index contributed by atoms with van der Waals surface area (Å²) >= 11 is 0. The van der Waals surface area contributed by atoms with Gasteiger partial charge in [-0.15, -0.1) is 0 Å². The Bertz CT molecular complexity index is 1420. The molecule has 0 bridgehead atoms. The summed E-state index contributed by atoms with van der Waals surface area (Å²) < 4.78 is 5.19. The molecule has 0 fully saturated rings. The molecule has 0 radical (unpaired) electrons. The summed E-state index contributed by atoms with van der Waals surface area (Å²) in [5.74, 6) is -0.497. The van der Waals surface area contributed by atoms with Crippen LogP contribution in [0.25, 0.3) is 12.2 Å². The first-order chi connectivity index (χ1) is 17.5. The number of amides is 2. The van der Waals surface area contributed by atoms with E-state index in [0.29, 0.717) is 22.6 Å². The van der Waals surface area contributed by atoms with Crippen LogP contribution in [0.3, 0.4) is 0 Å². The first kappa shape index (κ1) is 24.2. The van der Waals surface area contributed by atoms with Gasteiger partial charge in [-0.3, -0.25) is 14.4 Å². The Hall–Kier alpha value is -4.97. The van der Waals surface area contributed by atoms with Crippen LogP contribution in [0.1, 0.15) is 37.6 Å². The molecule has 0 aliphatic heterocycles. The molecule has 4 aromatic rings. The molecule has 1 aromatic heterocycles. The van der Waals surface area contributed by atoms with Crippen LogP contribution in [0, 0.1) is 6.92 Å². The smallest absolute Gasteiger partial charge is 0.272 e. The molecule has 0 unspecified atom stereocenters. The number of benzene rings is 3. The predicted molar refractivity (Wildman–Crippen MR) is 140 cm³/mol. The third kappa shape index (κ3) is 6.55. The van der Waals surface area contributed by atoms with E-state index in [0.717, 1.165) is 11.1 Å². The van der Waals surface area contributed by atoms with Crippen LogP contribution < -0.4 is 10.6 Å². The van der Waals surface area contributed by atoms with E-state index in [9.17, 15) is 14.4 Å². The van der Waals surface area contributed by atoms with Gasteiger partial charge in [0.25, 0.3) is 11.8 Å². The molecule has 0 spiro atoms. The van der Waals surface area contributed by atoms with Crippen LogP contribution in [-0.4, -0.2) is 17.6 Å².